The summed E-state index contributed by atoms with van der Waals surface area (Å²) in [5, 5.41) is 2.90. The van der Waals surface area contributed by atoms with Gasteiger partial charge in [-0.1, -0.05) is 24.3 Å². The number of benzene rings is 2. The molecule has 0 atom stereocenters. The van der Waals surface area contributed by atoms with Gasteiger partial charge in [0, 0.05) is 11.6 Å². The van der Waals surface area contributed by atoms with E-state index >= 15 is 0 Å². The number of anilines is 1. The molecule has 0 saturated heterocycles. The first kappa shape index (κ1) is 15.6. The molecule has 0 aliphatic heterocycles. The molecule has 5 nitrogen and oxygen atoms in total. The van der Waals surface area contributed by atoms with Crippen LogP contribution in [0.3, 0.4) is 0 Å². The maximum Gasteiger partial charge on any atom is 0.261 e. The number of sulfonamides is 1. The predicted octanol–water partition coefficient (Wildman–Crippen LogP) is 2.69. The van der Waals surface area contributed by atoms with E-state index in [0.29, 0.717) is 11.3 Å². The quantitative estimate of drug-likeness (QED) is 0.885. The van der Waals surface area contributed by atoms with Crippen LogP contribution >= 0.6 is 0 Å². The van der Waals surface area contributed by atoms with E-state index in [1.807, 2.05) is 0 Å². The summed E-state index contributed by atoms with van der Waals surface area (Å²) in [5.41, 5.74) is 1.62. The Balaban J connectivity index is 1.85. The summed E-state index contributed by atoms with van der Waals surface area (Å²) < 4.78 is 27.4. The van der Waals surface area contributed by atoms with Crippen LogP contribution in [0.15, 0.2) is 53.4 Å². The first-order valence-electron chi connectivity index (χ1n) is 7.45. The van der Waals surface area contributed by atoms with E-state index in [4.69, 9.17) is 0 Å². The molecule has 2 N–H and O–H groups in total. The molecule has 0 heterocycles. The average molecular weight is 330 g/mol. The van der Waals surface area contributed by atoms with Gasteiger partial charge < -0.3 is 5.32 Å². The molecule has 23 heavy (non-hydrogen) atoms. The summed E-state index contributed by atoms with van der Waals surface area (Å²) in [7, 11) is -3.67. The third-order valence-corrected chi connectivity index (χ3v) is 5.09. The molecule has 120 valence electrons. The van der Waals surface area contributed by atoms with Crippen molar-refractivity contribution in [3.05, 3.63) is 59.7 Å². The van der Waals surface area contributed by atoms with E-state index in [2.05, 4.69) is 10.0 Å². The Hall–Kier alpha value is -2.34. The van der Waals surface area contributed by atoms with E-state index < -0.39 is 10.0 Å². The van der Waals surface area contributed by atoms with Crippen molar-refractivity contribution in [3.8, 4) is 0 Å². The molecule has 1 fully saturated rings. The maximum atomic E-state index is 12.4. The largest absolute Gasteiger partial charge is 0.349 e. The molecule has 0 spiro atoms. The van der Waals surface area contributed by atoms with Crippen molar-refractivity contribution in [2.45, 2.75) is 30.7 Å². The van der Waals surface area contributed by atoms with Crippen LogP contribution in [0.5, 0.6) is 0 Å². The Morgan fingerprint density at radius 3 is 2.43 bits per heavy atom. The van der Waals surface area contributed by atoms with Crippen molar-refractivity contribution >= 4 is 21.6 Å². The molecular formula is C17H18N2O3S. The molecule has 1 aliphatic rings. The van der Waals surface area contributed by atoms with E-state index in [1.54, 1.807) is 43.3 Å². The predicted molar refractivity (Wildman–Crippen MR) is 88.9 cm³/mol. The van der Waals surface area contributed by atoms with Crippen LogP contribution in [0, 0.1) is 6.92 Å². The number of amides is 1. The summed E-state index contributed by atoms with van der Waals surface area (Å²) >= 11 is 0. The number of hydrogen-bond acceptors (Lipinski definition) is 3. The van der Waals surface area contributed by atoms with E-state index in [-0.39, 0.29) is 16.8 Å². The smallest absolute Gasteiger partial charge is 0.261 e. The second-order valence-corrected chi connectivity index (χ2v) is 7.38. The molecule has 1 saturated carbocycles. The van der Waals surface area contributed by atoms with Gasteiger partial charge in [-0.25, -0.2) is 8.42 Å². The van der Waals surface area contributed by atoms with Gasteiger partial charge in [0.2, 0.25) is 0 Å². The SMILES string of the molecule is Cc1ccc(C(=O)NC2CC2)cc1NS(=O)(=O)c1ccccc1. The highest BCUT2D eigenvalue weighted by atomic mass is 32.2. The third-order valence-electron chi connectivity index (χ3n) is 3.71. The molecule has 0 bridgehead atoms. The minimum Gasteiger partial charge on any atom is -0.349 e. The third kappa shape index (κ3) is 3.71. The molecule has 0 unspecified atom stereocenters. The minimum atomic E-state index is -3.67. The van der Waals surface area contributed by atoms with Crippen LogP contribution < -0.4 is 10.0 Å². The van der Waals surface area contributed by atoms with Gasteiger partial charge in [-0.2, -0.15) is 0 Å². The van der Waals surface area contributed by atoms with Crippen molar-refractivity contribution in [2.24, 2.45) is 0 Å². The molecule has 6 heteroatoms. The molecule has 0 radical (unpaired) electrons. The van der Waals surface area contributed by atoms with Gasteiger partial charge in [-0.05, 0) is 49.6 Å². The van der Waals surface area contributed by atoms with Gasteiger partial charge >= 0.3 is 0 Å². The Bertz CT molecular complexity index is 828. The molecule has 0 aromatic heterocycles. The normalized spacial score (nSPS) is 14.3. The van der Waals surface area contributed by atoms with Gasteiger partial charge in [0.25, 0.3) is 15.9 Å². The van der Waals surface area contributed by atoms with E-state index in [1.165, 1.54) is 12.1 Å². The molecule has 2 aromatic rings. The number of carbonyl (C=O) groups excluding carboxylic acids is 1. The minimum absolute atomic E-state index is 0.173. The zero-order valence-electron chi connectivity index (χ0n) is 12.7. The molecule has 3 rings (SSSR count). The fourth-order valence-corrected chi connectivity index (χ4v) is 3.32. The highest BCUT2D eigenvalue weighted by molar-refractivity contribution is 7.92. The molecular weight excluding hydrogens is 312 g/mol. The van der Waals surface area contributed by atoms with Crippen molar-refractivity contribution in [1.29, 1.82) is 0 Å². The molecule has 2 aromatic carbocycles. The standard InChI is InChI=1S/C17H18N2O3S/c1-12-7-8-13(17(20)18-14-9-10-14)11-16(12)19-23(21,22)15-5-3-2-4-6-15/h2-8,11,14,19H,9-10H2,1H3,(H,18,20). The summed E-state index contributed by atoms with van der Waals surface area (Å²) in [5.74, 6) is -0.173. The van der Waals surface area contributed by atoms with Gasteiger partial charge in [0.15, 0.2) is 0 Å². The van der Waals surface area contributed by atoms with Crippen LogP contribution in [0.1, 0.15) is 28.8 Å². The summed E-state index contributed by atoms with van der Waals surface area (Å²) in [6.07, 6.45) is 2.01. The lowest BCUT2D eigenvalue weighted by atomic mass is 10.1. The van der Waals surface area contributed by atoms with Crippen LogP contribution in [0.25, 0.3) is 0 Å². The summed E-state index contributed by atoms with van der Waals surface area (Å²) in [6, 6.07) is 13.4. The van der Waals surface area contributed by atoms with Crippen LogP contribution in [-0.4, -0.2) is 20.4 Å². The Morgan fingerprint density at radius 1 is 1.09 bits per heavy atom. The first-order chi connectivity index (χ1) is 11.0. The lowest BCUT2D eigenvalue weighted by Gasteiger charge is -2.12. The van der Waals surface area contributed by atoms with Crippen LogP contribution in [-0.2, 0) is 10.0 Å². The van der Waals surface area contributed by atoms with Gasteiger partial charge in [0.1, 0.15) is 0 Å². The van der Waals surface area contributed by atoms with Gasteiger partial charge in [-0.15, -0.1) is 0 Å². The number of nitrogens with one attached hydrogen (secondary N) is 2. The van der Waals surface area contributed by atoms with Crippen LogP contribution in [0.2, 0.25) is 0 Å². The molecule has 1 amide bonds. The summed E-state index contributed by atoms with van der Waals surface area (Å²) in [4.78, 5) is 12.3. The second-order valence-electron chi connectivity index (χ2n) is 5.70. The number of aryl methyl sites for hydroxylation is 1. The fourth-order valence-electron chi connectivity index (χ4n) is 2.17. The van der Waals surface area contributed by atoms with Crippen molar-refractivity contribution < 1.29 is 13.2 Å². The second kappa shape index (κ2) is 6.04. The highest BCUT2D eigenvalue weighted by Gasteiger charge is 2.24. The van der Waals surface area contributed by atoms with E-state index in [9.17, 15) is 13.2 Å². The zero-order valence-corrected chi connectivity index (χ0v) is 13.6. The van der Waals surface area contributed by atoms with Crippen molar-refractivity contribution in [2.75, 3.05) is 4.72 Å². The fraction of sp³-hybridized carbons (Fsp3) is 0.235. The number of carbonyl (C=O) groups is 1. The van der Waals surface area contributed by atoms with Gasteiger partial charge in [0.05, 0.1) is 10.6 Å². The van der Waals surface area contributed by atoms with E-state index in [0.717, 1.165) is 18.4 Å². The Labute approximate surface area is 135 Å². The maximum absolute atomic E-state index is 12.4. The average Bonchev–Trinajstić information content (AvgIpc) is 3.34. The zero-order chi connectivity index (χ0) is 16.4. The number of hydrogen-bond donors (Lipinski definition) is 2. The van der Waals surface area contributed by atoms with Crippen molar-refractivity contribution in [3.63, 3.8) is 0 Å². The first-order valence-corrected chi connectivity index (χ1v) is 8.93. The van der Waals surface area contributed by atoms with Gasteiger partial charge in [-0.3, -0.25) is 9.52 Å². The lowest BCUT2D eigenvalue weighted by Crippen LogP contribution is -2.25. The Morgan fingerprint density at radius 2 is 1.78 bits per heavy atom. The highest BCUT2D eigenvalue weighted by Crippen LogP contribution is 2.23. The lowest BCUT2D eigenvalue weighted by molar-refractivity contribution is 0.0951. The van der Waals surface area contributed by atoms with Crippen molar-refractivity contribution in [1.82, 2.24) is 5.32 Å². The Kier molecular flexibility index (Phi) is 4.09. The number of rotatable bonds is 5. The molecule has 1 aliphatic carbocycles. The topological polar surface area (TPSA) is 75.3 Å². The summed E-state index contributed by atoms with van der Waals surface area (Å²) in [6.45, 7) is 1.80. The monoisotopic (exact) mass is 330 g/mol. The van der Waals surface area contributed by atoms with Crippen LogP contribution in [0.4, 0.5) is 5.69 Å².